The van der Waals surface area contributed by atoms with Crippen molar-refractivity contribution in [3.05, 3.63) is 59.4 Å². The highest BCUT2D eigenvalue weighted by Gasteiger charge is 2.26. The first-order chi connectivity index (χ1) is 9.63. The Morgan fingerprint density at radius 3 is 2.65 bits per heavy atom. The number of anilines is 2. The van der Waals surface area contributed by atoms with Gasteiger partial charge in [0.2, 0.25) is 5.91 Å². The number of aryl methyl sites for hydroxylation is 1. The molecule has 0 fully saturated rings. The Bertz CT molecular complexity index is 655. The highest BCUT2D eigenvalue weighted by molar-refractivity contribution is 6.03. The number of halogens is 1. The third-order valence-corrected chi connectivity index (χ3v) is 3.49. The van der Waals surface area contributed by atoms with Crippen LogP contribution in [0.4, 0.5) is 15.8 Å². The second-order valence-electron chi connectivity index (χ2n) is 5.02. The van der Waals surface area contributed by atoms with Crippen LogP contribution in [0.1, 0.15) is 11.1 Å². The molecule has 0 bridgehead atoms. The molecular formula is C16H15FN2O. The largest absolute Gasteiger partial charge is 0.372 e. The summed E-state index contributed by atoms with van der Waals surface area (Å²) in [4.78, 5) is 12.1. The summed E-state index contributed by atoms with van der Waals surface area (Å²) in [5.41, 5.74) is 2.92. The Labute approximate surface area is 116 Å². The van der Waals surface area contributed by atoms with Gasteiger partial charge in [-0.1, -0.05) is 30.3 Å². The average Bonchev–Trinajstić information content (AvgIpc) is 2.43. The molecule has 2 N–H and O–H groups in total. The van der Waals surface area contributed by atoms with Crippen molar-refractivity contribution in [3.8, 4) is 0 Å². The molecule has 0 saturated heterocycles. The second-order valence-corrected chi connectivity index (χ2v) is 5.02. The molecule has 1 heterocycles. The topological polar surface area (TPSA) is 41.1 Å². The van der Waals surface area contributed by atoms with E-state index in [0.717, 1.165) is 11.3 Å². The number of carbonyl (C=O) groups is 1. The summed E-state index contributed by atoms with van der Waals surface area (Å²) in [6.07, 6.45) is 0.600. The first-order valence-electron chi connectivity index (χ1n) is 6.55. The Hall–Kier alpha value is -2.36. The molecule has 2 aromatic carbocycles. The van der Waals surface area contributed by atoms with E-state index < -0.39 is 0 Å². The van der Waals surface area contributed by atoms with Crippen LogP contribution in [0.3, 0.4) is 0 Å². The lowest BCUT2D eigenvalue weighted by Gasteiger charge is -2.27. The smallest absolute Gasteiger partial charge is 0.247 e. The third-order valence-electron chi connectivity index (χ3n) is 3.49. The molecule has 0 radical (unpaired) electrons. The zero-order chi connectivity index (χ0) is 14.1. The highest BCUT2D eigenvalue weighted by Crippen LogP contribution is 2.30. The molecule has 3 rings (SSSR count). The molecule has 3 nitrogen and oxygen atoms in total. The van der Waals surface area contributed by atoms with Crippen LogP contribution >= 0.6 is 0 Å². The van der Waals surface area contributed by atoms with Crippen LogP contribution < -0.4 is 10.6 Å². The van der Waals surface area contributed by atoms with E-state index in [4.69, 9.17) is 0 Å². The number of carbonyl (C=O) groups excluding carboxylic acids is 1. The molecule has 0 spiro atoms. The van der Waals surface area contributed by atoms with Gasteiger partial charge in [0, 0.05) is 6.42 Å². The molecule has 1 aliphatic rings. The molecule has 102 valence electrons. The Morgan fingerprint density at radius 2 is 1.90 bits per heavy atom. The maximum Gasteiger partial charge on any atom is 0.247 e. The van der Waals surface area contributed by atoms with Crippen LogP contribution in [-0.2, 0) is 11.2 Å². The van der Waals surface area contributed by atoms with Crippen molar-refractivity contribution in [1.82, 2.24) is 0 Å². The fraction of sp³-hybridized carbons (Fsp3) is 0.188. The predicted octanol–water partition coefficient (Wildman–Crippen LogP) is 3.11. The SMILES string of the molecule is Cc1cc2c(cc1F)NC(=O)C(Cc1ccccc1)N2. The van der Waals surface area contributed by atoms with E-state index in [-0.39, 0.29) is 17.8 Å². The van der Waals surface area contributed by atoms with Crippen LogP contribution in [-0.4, -0.2) is 11.9 Å². The van der Waals surface area contributed by atoms with Crippen molar-refractivity contribution in [2.45, 2.75) is 19.4 Å². The zero-order valence-electron chi connectivity index (χ0n) is 11.1. The lowest BCUT2D eigenvalue weighted by atomic mass is 10.0. The molecule has 2 aromatic rings. The number of fused-ring (bicyclic) bond motifs is 1. The van der Waals surface area contributed by atoms with Gasteiger partial charge in [0.25, 0.3) is 0 Å². The van der Waals surface area contributed by atoms with Gasteiger partial charge in [-0.15, -0.1) is 0 Å². The van der Waals surface area contributed by atoms with Crippen LogP contribution in [0.25, 0.3) is 0 Å². The lowest BCUT2D eigenvalue weighted by Crippen LogP contribution is -2.40. The van der Waals surface area contributed by atoms with Gasteiger partial charge in [0.15, 0.2) is 0 Å². The van der Waals surface area contributed by atoms with Gasteiger partial charge >= 0.3 is 0 Å². The summed E-state index contributed by atoms with van der Waals surface area (Å²) in [6.45, 7) is 1.71. The minimum Gasteiger partial charge on any atom is -0.372 e. The summed E-state index contributed by atoms with van der Waals surface area (Å²) >= 11 is 0. The number of benzene rings is 2. The van der Waals surface area contributed by atoms with E-state index >= 15 is 0 Å². The molecular weight excluding hydrogens is 255 g/mol. The summed E-state index contributed by atoms with van der Waals surface area (Å²) in [5, 5.41) is 5.94. The monoisotopic (exact) mass is 270 g/mol. The summed E-state index contributed by atoms with van der Waals surface area (Å²) in [6, 6.07) is 12.6. The maximum atomic E-state index is 13.5. The quantitative estimate of drug-likeness (QED) is 0.880. The number of amides is 1. The van der Waals surface area contributed by atoms with Gasteiger partial charge < -0.3 is 10.6 Å². The standard InChI is InChI=1S/C16H15FN2O/c1-10-7-13-14(9-12(10)17)19-16(20)15(18-13)8-11-5-3-2-4-6-11/h2-7,9,15,18H,8H2,1H3,(H,19,20). The van der Waals surface area contributed by atoms with E-state index in [1.54, 1.807) is 13.0 Å². The van der Waals surface area contributed by atoms with Crippen molar-refractivity contribution in [1.29, 1.82) is 0 Å². The molecule has 1 amide bonds. The van der Waals surface area contributed by atoms with Gasteiger partial charge in [-0.05, 0) is 30.2 Å². The second kappa shape index (κ2) is 4.96. The fourth-order valence-corrected chi connectivity index (χ4v) is 2.37. The average molecular weight is 270 g/mol. The molecule has 0 aromatic heterocycles. The molecule has 0 saturated carbocycles. The van der Waals surface area contributed by atoms with Gasteiger partial charge in [-0.2, -0.15) is 0 Å². The number of nitrogens with one attached hydrogen (secondary N) is 2. The van der Waals surface area contributed by atoms with E-state index in [1.807, 2.05) is 30.3 Å². The molecule has 1 atom stereocenters. The summed E-state index contributed by atoms with van der Waals surface area (Å²) in [7, 11) is 0. The molecule has 4 heteroatoms. The highest BCUT2D eigenvalue weighted by atomic mass is 19.1. The van der Waals surface area contributed by atoms with Gasteiger partial charge in [0.05, 0.1) is 11.4 Å². The van der Waals surface area contributed by atoms with E-state index in [0.29, 0.717) is 17.7 Å². The van der Waals surface area contributed by atoms with E-state index in [2.05, 4.69) is 10.6 Å². The Kier molecular flexibility index (Phi) is 3.14. The van der Waals surface area contributed by atoms with Crippen molar-refractivity contribution in [3.63, 3.8) is 0 Å². The number of rotatable bonds is 2. The molecule has 20 heavy (non-hydrogen) atoms. The number of hydrogen-bond acceptors (Lipinski definition) is 2. The van der Waals surface area contributed by atoms with Crippen LogP contribution in [0.15, 0.2) is 42.5 Å². The Balaban J connectivity index is 1.85. The van der Waals surface area contributed by atoms with Crippen LogP contribution in [0.5, 0.6) is 0 Å². The van der Waals surface area contributed by atoms with Crippen molar-refractivity contribution < 1.29 is 9.18 Å². The molecule has 1 unspecified atom stereocenters. The summed E-state index contributed by atoms with van der Waals surface area (Å²) < 4.78 is 13.5. The van der Waals surface area contributed by atoms with Crippen molar-refractivity contribution in [2.24, 2.45) is 0 Å². The lowest BCUT2D eigenvalue weighted by molar-refractivity contribution is -0.117. The van der Waals surface area contributed by atoms with E-state index in [9.17, 15) is 9.18 Å². The first-order valence-corrected chi connectivity index (χ1v) is 6.55. The predicted molar refractivity (Wildman–Crippen MR) is 77.3 cm³/mol. The molecule has 0 aliphatic carbocycles. The molecule has 1 aliphatic heterocycles. The maximum absolute atomic E-state index is 13.5. The van der Waals surface area contributed by atoms with E-state index in [1.165, 1.54) is 6.07 Å². The number of hydrogen-bond donors (Lipinski definition) is 2. The van der Waals surface area contributed by atoms with Crippen LogP contribution in [0.2, 0.25) is 0 Å². The summed E-state index contributed by atoms with van der Waals surface area (Å²) in [5.74, 6) is -0.447. The zero-order valence-corrected chi connectivity index (χ0v) is 11.1. The fourth-order valence-electron chi connectivity index (χ4n) is 2.37. The third kappa shape index (κ3) is 2.37. The first kappa shape index (κ1) is 12.7. The van der Waals surface area contributed by atoms with Gasteiger partial charge in [-0.3, -0.25) is 4.79 Å². The minimum atomic E-state index is -0.338. The normalized spacial score (nSPS) is 17.1. The minimum absolute atomic E-state index is 0.135. The van der Waals surface area contributed by atoms with Gasteiger partial charge in [-0.25, -0.2) is 4.39 Å². The van der Waals surface area contributed by atoms with Crippen molar-refractivity contribution >= 4 is 17.3 Å². The van der Waals surface area contributed by atoms with Gasteiger partial charge in [0.1, 0.15) is 11.9 Å². The van der Waals surface area contributed by atoms with Crippen LogP contribution in [0, 0.1) is 12.7 Å². The van der Waals surface area contributed by atoms with Crippen molar-refractivity contribution in [2.75, 3.05) is 10.6 Å². The Morgan fingerprint density at radius 1 is 1.15 bits per heavy atom.